The Bertz CT molecular complexity index is 685. The van der Waals surface area contributed by atoms with E-state index in [9.17, 15) is 18.8 Å². The van der Waals surface area contributed by atoms with Gasteiger partial charge in [-0.3, -0.25) is 9.59 Å². The molecule has 26 heavy (non-hydrogen) atoms. The van der Waals surface area contributed by atoms with Crippen molar-refractivity contribution in [2.24, 2.45) is 5.73 Å². The molecule has 0 unspecified atom stereocenters. The highest BCUT2D eigenvalue weighted by atomic mass is 19.1. The van der Waals surface area contributed by atoms with Gasteiger partial charge in [0.25, 0.3) is 5.91 Å². The van der Waals surface area contributed by atoms with E-state index in [1.807, 2.05) is 0 Å². The van der Waals surface area contributed by atoms with Crippen LogP contribution in [0.1, 0.15) is 6.92 Å². The average Bonchev–Trinajstić information content (AvgIpc) is 2.61. The van der Waals surface area contributed by atoms with Crippen LogP contribution in [0.2, 0.25) is 0 Å². The summed E-state index contributed by atoms with van der Waals surface area (Å²) in [5, 5.41) is 7.41. The number of halogens is 1. The summed E-state index contributed by atoms with van der Waals surface area (Å²) >= 11 is 0. The second-order valence-electron chi connectivity index (χ2n) is 5.55. The van der Waals surface area contributed by atoms with Crippen LogP contribution in [0.3, 0.4) is 0 Å². The first-order valence-electron chi connectivity index (χ1n) is 8.19. The Morgan fingerprint density at radius 1 is 1.42 bits per heavy atom. The van der Waals surface area contributed by atoms with Crippen LogP contribution in [0.15, 0.2) is 18.2 Å². The van der Waals surface area contributed by atoms with Crippen LogP contribution in [0, 0.1) is 5.82 Å². The quantitative estimate of drug-likeness (QED) is 0.553. The van der Waals surface area contributed by atoms with Gasteiger partial charge in [-0.05, 0) is 25.1 Å². The summed E-state index contributed by atoms with van der Waals surface area (Å²) in [6.45, 7) is 2.51. The number of amides is 4. The summed E-state index contributed by atoms with van der Waals surface area (Å²) in [4.78, 5) is 36.8. The lowest BCUT2D eigenvalue weighted by molar-refractivity contribution is -0.125. The molecule has 1 aromatic rings. The van der Waals surface area contributed by atoms with E-state index in [4.69, 9.17) is 10.5 Å². The van der Waals surface area contributed by atoms with E-state index in [0.29, 0.717) is 13.2 Å². The monoisotopic (exact) mass is 367 g/mol. The van der Waals surface area contributed by atoms with Gasteiger partial charge in [0.15, 0.2) is 0 Å². The van der Waals surface area contributed by atoms with Crippen molar-refractivity contribution < 1.29 is 23.5 Å². The molecule has 10 heteroatoms. The van der Waals surface area contributed by atoms with Gasteiger partial charge in [-0.25, -0.2) is 9.18 Å². The number of nitrogens with one attached hydrogen (secondary N) is 3. The molecule has 9 nitrogen and oxygen atoms in total. The van der Waals surface area contributed by atoms with E-state index in [-0.39, 0.29) is 37.0 Å². The first kappa shape index (κ1) is 19.6. The van der Waals surface area contributed by atoms with E-state index >= 15 is 0 Å². The van der Waals surface area contributed by atoms with Gasteiger partial charge in [0.2, 0.25) is 5.91 Å². The standard InChI is InChI=1S/C16H22FN5O4/c1-2-19-16(25)21-12(8-18)15(24)20-10-3-4-13(11(17)7-10)22-5-6-26-9-14(22)23/h3-4,7,12H,2,5-6,8-9,18H2,1H3,(H,20,24)(H2,19,21,25)/t12-/m0/s1. The summed E-state index contributed by atoms with van der Waals surface area (Å²) in [6.07, 6.45) is 0. The summed E-state index contributed by atoms with van der Waals surface area (Å²) in [5.41, 5.74) is 5.81. The van der Waals surface area contributed by atoms with Crippen LogP contribution in [0.5, 0.6) is 0 Å². The number of carbonyl (C=O) groups is 3. The molecule has 5 N–H and O–H groups in total. The molecule has 1 aliphatic rings. The summed E-state index contributed by atoms with van der Waals surface area (Å²) in [5.74, 6) is -1.56. The third-order valence-electron chi connectivity index (χ3n) is 3.69. The Labute approximate surface area is 150 Å². The topological polar surface area (TPSA) is 126 Å². The molecule has 0 spiro atoms. The van der Waals surface area contributed by atoms with Crippen LogP contribution in [0.25, 0.3) is 0 Å². The molecule has 1 aromatic carbocycles. The van der Waals surface area contributed by atoms with Gasteiger partial charge in [-0.2, -0.15) is 0 Å². The molecule has 0 aliphatic carbocycles. The molecule has 1 atom stereocenters. The van der Waals surface area contributed by atoms with Gasteiger partial charge in [0.05, 0.1) is 12.3 Å². The van der Waals surface area contributed by atoms with Crippen molar-refractivity contribution in [2.45, 2.75) is 13.0 Å². The number of rotatable bonds is 6. The van der Waals surface area contributed by atoms with Crippen molar-refractivity contribution in [2.75, 3.05) is 43.1 Å². The summed E-state index contributed by atoms with van der Waals surface area (Å²) in [7, 11) is 0. The van der Waals surface area contributed by atoms with Crippen LogP contribution in [-0.4, -0.2) is 56.7 Å². The lowest BCUT2D eigenvalue weighted by Crippen LogP contribution is -2.51. The minimum atomic E-state index is -0.967. The highest BCUT2D eigenvalue weighted by molar-refractivity contribution is 5.98. The lowest BCUT2D eigenvalue weighted by atomic mass is 10.2. The van der Waals surface area contributed by atoms with E-state index in [1.54, 1.807) is 6.92 Å². The number of morpholine rings is 1. The van der Waals surface area contributed by atoms with Gasteiger partial charge in [-0.15, -0.1) is 0 Å². The fraction of sp³-hybridized carbons (Fsp3) is 0.438. The second-order valence-corrected chi connectivity index (χ2v) is 5.55. The van der Waals surface area contributed by atoms with Crippen molar-refractivity contribution in [1.82, 2.24) is 10.6 Å². The molecule has 2 rings (SSSR count). The highest BCUT2D eigenvalue weighted by Gasteiger charge is 2.24. The lowest BCUT2D eigenvalue weighted by Gasteiger charge is -2.27. The van der Waals surface area contributed by atoms with Gasteiger partial charge in [0.1, 0.15) is 18.5 Å². The maximum atomic E-state index is 14.4. The molecular weight excluding hydrogens is 345 g/mol. The molecule has 1 saturated heterocycles. The fourth-order valence-electron chi connectivity index (χ4n) is 2.41. The van der Waals surface area contributed by atoms with E-state index in [2.05, 4.69) is 16.0 Å². The zero-order valence-electron chi connectivity index (χ0n) is 14.4. The normalized spacial score (nSPS) is 15.3. The Hall–Kier alpha value is -2.72. The number of benzene rings is 1. The van der Waals surface area contributed by atoms with Crippen LogP contribution in [-0.2, 0) is 14.3 Å². The first-order chi connectivity index (χ1) is 12.5. The number of urea groups is 1. The predicted octanol–water partition coefficient (Wildman–Crippen LogP) is -0.226. The maximum absolute atomic E-state index is 14.4. The largest absolute Gasteiger partial charge is 0.370 e. The van der Waals surface area contributed by atoms with Crippen molar-refractivity contribution in [1.29, 1.82) is 0 Å². The molecular formula is C16H22FN5O4. The van der Waals surface area contributed by atoms with Crippen molar-refractivity contribution >= 4 is 29.2 Å². The smallest absolute Gasteiger partial charge is 0.315 e. The zero-order valence-corrected chi connectivity index (χ0v) is 14.4. The van der Waals surface area contributed by atoms with E-state index in [1.165, 1.54) is 17.0 Å². The molecule has 0 radical (unpaired) electrons. The fourth-order valence-corrected chi connectivity index (χ4v) is 2.41. The zero-order chi connectivity index (χ0) is 19.1. The Kier molecular flexibility index (Phi) is 6.87. The molecule has 1 aliphatic heterocycles. The van der Waals surface area contributed by atoms with Gasteiger partial charge in [0, 0.05) is 25.3 Å². The van der Waals surface area contributed by atoms with Crippen LogP contribution < -0.4 is 26.6 Å². The molecule has 142 valence electrons. The molecule has 1 fully saturated rings. The molecule has 0 aromatic heterocycles. The minimum absolute atomic E-state index is 0.0956. The van der Waals surface area contributed by atoms with E-state index in [0.717, 1.165) is 6.07 Å². The number of ether oxygens (including phenoxy) is 1. The average molecular weight is 367 g/mol. The number of hydrogen-bond acceptors (Lipinski definition) is 5. The first-order valence-corrected chi connectivity index (χ1v) is 8.19. The Balaban J connectivity index is 2.05. The van der Waals surface area contributed by atoms with Crippen molar-refractivity contribution in [3.8, 4) is 0 Å². The summed E-state index contributed by atoms with van der Waals surface area (Å²) < 4.78 is 19.4. The molecule has 0 bridgehead atoms. The third-order valence-corrected chi connectivity index (χ3v) is 3.69. The SMILES string of the molecule is CCNC(=O)N[C@@H](CN)C(=O)Nc1ccc(N2CCOCC2=O)c(F)c1. The van der Waals surface area contributed by atoms with Crippen LogP contribution in [0.4, 0.5) is 20.6 Å². The molecule has 0 saturated carbocycles. The van der Waals surface area contributed by atoms with E-state index < -0.39 is 23.8 Å². The van der Waals surface area contributed by atoms with Crippen LogP contribution >= 0.6 is 0 Å². The predicted molar refractivity (Wildman–Crippen MR) is 93.3 cm³/mol. The number of nitrogens with zero attached hydrogens (tertiary/aromatic N) is 1. The second kappa shape index (κ2) is 9.11. The highest BCUT2D eigenvalue weighted by Crippen LogP contribution is 2.24. The van der Waals surface area contributed by atoms with Gasteiger partial charge < -0.3 is 31.3 Å². The Morgan fingerprint density at radius 2 is 2.19 bits per heavy atom. The third kappa shape index (κ3) is 4.90. The van der Waals surface area contributed by atoms with Crippen molar-refractivity contribution in [3.05, 3.63) is 24.0 Å². The number of nitrogens with two attached hydrogens (primary N) is 1. The summed E-state index contributed by atoms with van der Waals surface area (Å²) in [6, 6.07) is 2.49. The number of hydrogen-bond donors (Lipinski definition) is 4. The number of carbonyl (C=O) groups excluding carboxylic acids is 3. The number of anilines is 2. The van der Waals surface area contributed by atoms with Gasteiger partial charge in [-0.1, -0.05) is 0 Å². The molecule has 4 amide bonds. The Morgan fingerprint density at radius 3 is 2.81 bits per heavy atom. The minimum Gasteiger partial charge on any atom is -0.370 e. The van der Waals surface area contributed by atoms with Crippen molar-refractivity contribution in [3.63, 3.8) is 0 Å². The maximum Gasteiger partial charge on any atom is 0.315 e. The van der Waals surface area contributed by atoms with Gasteiger partial charge >= 0.3 is 6.03 Å². The molecule has 1 heterocycles.